The number of nitrogen functional groups attached to an aromatic ring is 1. The third kappa shape index (κ3) is 3.27. The SMILES string of the molecule is NNC(=O)c1cccnc1CN1CCCCCC1. The van der Waals surface area contributed by atoms with Crippen LogP contribution in [0.3, 0.4) is 0 Å². The molecule has 98 valence electrons. The number of nitrogens with zero attached hydrogens (tertiary/aromatic N) is 2. The van der Waals surface area contributed by atoms with E-state index in [9.17, 15) is 4.79 Å². The summed E-state index contributed by atoms with van der Waals surface area (Å²) in [5.74, 6) is 4.92. The van der Waals surface area contributed by atoms with Gasteiger partial charge in [-0.15, -0.1) is 0 Å². The Bertz CT molecular complexity index is 400. The number of hydrazine groups is 1. The molecular weight excluding hydrogens is 228 g/mol. The number of aromatic nitrogens is 1. The van der Waals surface area contributed by atoms with E-state index in [-0.39, 0.29) is 5.91 Å². The van der Waals surface area contributed by atoms with E-state index < -0.39 is 0 Å². The maximum absolute atomic E-state index is 11.6. The zero-order valence-corrected chi connectivity index (χ0v) is 10.6. The molecule has 0 atom stereocenters. The van der Waals surface area contributed by atoms with Crippen LogP contribution < -0.4 is 11.3 Å². The predicted molar refractivity (Wildman–Crippen MR) is 69.6 cm³/mol. The van der Waals surface area contributed by atoms with Gasteiger partial charge in [-0.1, -0.05) is 12.8 Å². The molecule has 1 fully saturated rings. The molecular formula is C13H20N4O. The van der Waals surface area contributed by atoms with Gasteiger partial charge in [0.05, 0.1) is 11.3 Å². The van der Waals surface area contributed by atoms with Crippen LogP contribution in [0.15, 0.2) is 18.3 Å². The molecule has 5 heteroatoms. The molecule has 1 saturated heterocycles. The molecule has 1 aliphatic heterocycles. The van der Waals surface area contributed by atoms with Crippen molar-refractivity contribution in [2.75, 3.05) is 13.1 Å². The van der Waals surface area contributed by atoms with Crippen LogP contribution >= 0.6 is 0 Å². The molecule has 0 unspecified atom stereocenters. The lowest BCUT2D eigenvalue weighted by atomic mass is 10.1. The van der Waals surface area contributed by atoms with Gasteiger partial charge in [-0.25, -0.2) is 5.84 Å². The summed E-state index contributed by atoms with van der Waals surface area (Å²) < 4.78 is 0. The number of nitrogens with one attached hydrogen (secondary N) is 1. The second kappa shape index (κ2) is 6.47. The number of hydrogen-bond acceptors (Lipinski definition) is 4. The zero-order valence-electron chi connectivity index (χ0n) is 10.6. The zero-order chi connectivity index (χ0) is 12.8. The normalized spacial score (nSPS) is 17.2. The van der Waals surface area contributed by atoms with Crippen LogP contribution in [0.4, 0.5) is 0 Å². The molecule has 1 aliphatic rings. The molecule has 1 aromatic rings. The summed E-state index contributed by atoms with van der Waals surface area (Å²) in [6.45, 7) is 2.89. The highest BCUT2D eigenvalue weighted by Crippen LogP contribution is 2.14. The quantitative estimate of drug-likeness (QED) is 0.477. The molecule has 0 bridgehead atoms. The van der Waals surface area contributed by atoms with Crippen molar-refractivity contribution in [2.24, 2.45) is 5.84 Å². The van der Waals surface area contributed by atoms with Crippen molar-refractivity contribution < 1.29 is 4.79 Å². The van der Waals surface area contributed by atoms with Gasteiger partial charge in [-0.05, 0) is 38.1 Å². The molecule has 3 N–H and O–H groups in total. The van der Waals surface area contributed by atoms with Gasteiger partial charge in [0.2, 0.25) is 0 Å². The van der Waals surface area contributed by atoms with Crippen molar-refractivity contribution in [3.63, 3.8) is 0 Å². The highest BCUT2D eigenvalue weighted by molar-refractivity contribution is 5.94. The van der Waals surface area contributed by atoms with E-state index in [1.165, 1.54) is 25.7 Å². The molecule has 0 saturated carbocycles. The summed E-state index contributed by atoms with van der Waals surface area (Å²) in [5.41, 5.74) is 3.55. The van der Waals surface area contributed by atoms with E-state index in [1.807, 2.05) is 0 Å². The summed E-state index contributed by atoms with van der Waals surface area (Å²) in [6, 6.07) is 3.53. The summed E-state index contributed by atoms with van der Waals surface area (Å²) in [7, 11) is 0. The summed E-state index contributed by atoms with van der Waals surface area (Å²) >= 11 is 0. The average Bonchev–Trinajstić information content (AvgIpc) is 2.67. The smallest absolute Gasteiger partial charge is 0.267 e. The molecule has 0 aromatic carbocycles. The Balaban J connectivity index is 2.10. The maximum Gasteiger partial charge on any atom is 0.267 e. The summed E-state index contributed by atoms with van der Waals surface area (Å²) in [6.07, 6.45) is 6.78. The first-order valence-electron chi connectivity index (χ1n) is 6.48. The fourth-order valence-corrected chi connectivity index (χ4v) is 2.35. The van der Waals surface area contributed by atoms with Crippen LogP contribution in [0.25, 0.3) is 0 Å². The Kier molecular flexibility index (Phi) is 4.66. The van der Waals surface area contributed by atoms with Crippen LogP contribution in [0, 0.1) is 0 Å². The highest BCUT2D eigenvalue weighted by atomic mass is 16.2. The second-order valence-electron chi connectivity index (χ2n) is 4.66. The number of pyridine rings is 1. The minimum absolute atomic E-state index is 0.270. The van der Waals surface area contributed by atoms with Gasteiger partial charge in [0.25, 0.3) is 5.91 Å². The number of hydrogen-bond donors (Lipinski definition) is 2. The van der Waals surface area contributed by atoms with Crippen molar-refractivity contribution in [2.45, 2.75) is 32.2 Å². The van der Waals surface area contributed by atoms with E-state index in [4.69, 9.17) is 5.84 Å². The maximum atomic E-state index is 11.6. The second-order valence-corrected chi connectivity index (χ2v) is 4.66. The number of nitrogens with two attached hydrogens (primary N) is 1. The van der Waals surface area contributed by atoms with Gasteiger partial charge in [0, 0.05) is 12.7 Å². The fraction of sp³-hybridized carbons (Fsp3) is 0.538. The van der Waals surface area contributed by atoms with E-state index in [2.05, 4.69) is 15.3 Å². The van der Waals surface area contributed by atoms with Crippen molar-refractivity contribution in [1.29, 1.82) is 0 Å². The Morgan fingerprint density at radius 1 is 1.33 bits per heavy atom. The van der Waals surface area contributed by atoms with Gasteiger partial charge >= 0.3 is 0 Å². The minimum atomic E-state index is -0.270. The molecule has 1 aromatic heterocycles. The first-order chi connectivity index (χ1) is 8.81. The lowest BCUT2D eigenvalue weighted by Crippen LogP contribution is -2.32. The predicted octanol–water partition coefficient (Wildman–Crippen LogP) is 1.06. The molecule has 0 aliphatic carbocycles. The Morgan fingerprint density at radius 2 is 2.06 bits per heavy atom. The van der Waals surface area contributed by atoms with E-state index in [0.29, 0.717) is 5.56 Å². The van der Waals surface area contributed by atoms with Gasteiger partial charge in [-0.3, -0.25) is 20.1 Å². The number of carbonyl (C=O) groups is 1. The van der Waals surface area contributed by atoms with Crippen LogP contribution in [0.5, 0.6) is 0 Å². The molecule has 5 nitrogen and oxygen atoms in total. The number of carbonyl (C=O) groups excluding carboxylic acids is 1. The van der Waals surface area contributed by atoms with Crippen LogP contribution in [-0.4, -0.2) is 28.9 Å². The number of amides is 1. The van der Waals surface area contributed by atoms with E-state index in [0.717, 1.165) is 25.3 Å². The number of rotatable bonds is 3. The van der Waals surface area contributed by atoms with Crippen molar-refractivity contribution >= 4 is 5.91 Å². The molecule has 0 radical (unpaired) electrons. The molecule has 2 heterocycles. The Labute approximate surface area is 107 Å². The monoisotopic (exact) mass is 248 g/mol. The summed E-state index contributed by atoms with van der Waals surface area (Å²) in [5, 5.41) is 0. The third-order valence-corrected chi connectivity index (χ3v) is 3.34. The summed E-state index contributed by atoms with van der Waals surface area (Å²) in [4.78, 5) is 18.3. The first-order valence-corrected chi connectivity index (χ1v) is 6.48. The lowest BCUT2D eigenvalue weighted by Gasteiger charge is -2.20. The molecule has 0 spiro atoms. The van der Waals surface area contributed by atoms with Crippen LogP contribution in [0.2, 0.25) is 0 Å². The lowest BCUT2D eigenvalue weighted by molar-refractivity contribution is 0.0951. The average molecular weight is 248 g/mol. The first kappa shape index (κ1) is 13.0. The third-order valence-electron chi connectivity index (χ3n) is 3.34. The standard InChI is InChI=1S/C13H20N4O/c14-16-13(18)11-6-5-7-15-12(11)10-17-8-3-1-2-4-9-17/h5-7H,1-4,8-10,14H2,(H,16,18). The van der Waals surface area contributed by atoms with Crippen LogP contribution in [0.1, 0.15) is 41.7 Å². The van der Waals surface area contributed by atoms with Crippen molar-refractivity contribution in [3.05, 3.63) is 29.6 Å². The molecule has 2 rings (SSSR count). The molecule has 18 heavy (non-hydrogen) atoms. The van der Waals surface area contributed by atoms with Crippen molar-refractivity contribution in [3.8, 4) is 0 Å². The highest BCUT2D eigenvalue weighted by Gasteiger charge is 2.15. The van der Waals surface area contributed by atoms with Crippen molar-refractivity contribution in [1.82, 2.24) is 15.3 Å². The largest absolute Gasteiger partial charge is 0.297 e. The Morgan fingerprint density at radius 3 is 2.72 bits per heavy atom. The molecule has 1 amide bonds. The van der Waals surface area contributed by atoms with Gasteiger partial charge in [0.15, 0.2) is 0 Å². The fourth-order valence-electron chi connectivity index (χ4n) is 2.35. The van der Waals surface area contributed by atoms with E-state index in [1.54, 1.807) is 18.3 Å². The minimum Gasteiger partial charge on any atom is -0.297 e. The van der Waals surface area contributed by atoms with Gasteiger partial charge < -0.3 is 0 Å². The number of likely N-dealkylation sites (tertiary alicyclic amines) is 1. The Hall–Kier alpha value is -1.46. The van der Waals surface area contributed by atoms with E-state index >= 15 is 0 Å². The van der Waals surface area contributed by atoms with Gasteiger partial charge in [0.1, 0.15) is 0 Å². The van der Waals surface area contributed by atoms with Crippen LogP contribution in [-0.2, 0) is 6.54 Å². The van der Waals surface area contributed by atoms with Gasteiger partial charge in [-0.2, -0.15) is 0 Å². The topological polar surface area (TPSA) is 71.2 Å².